The maximum absolute atomic E-state index is 2.60. The molecule has 2 heteroatoms. The normalized spacial score (nSPS) is 15.8. The van der Waals surface area contributed by atoms with E-state index in [2.05, 4.69) is 212 Å². The summed E-state index contributed by atoms with van der Waals surface area (Å²) in [4.78, 5) is 2.60. The van der Waals surface area contributed by atoms with Crippen LogP contribution in [0.4, 0.5) is 11.4 Å². The fourth-order valence-electron chi connectivity index (χ4n) is 8.75. The summed E-state index contributed by atoms with van der Waals surface area (Å²) in [5, 5.41) is 0. The van der Waals surface area contributed by atoms with Gasteiger partial charge in [-0.05, 0) is 98.5 Å². The maximum atomic E-state index is 2.60. The molecule has 0 aromatic heterocycles. The van der Waals surface area contributed by atoms with E-state index in [1.54, 1.807) is 0 Å². The molecule has 0 N–H and O–H groups in total. The Kier molecular flexibility index (Phi) is 9.58. The fourth-order valence-corrected chi connectivity index (χ4v) is 8.75. The van der Waals surface area contributed by atoms with Gasteiger partial charge in [0.05, 0.1) is 5.69 Å². The molecule has 0 saturated heterocycles. The largest absolute Gasteiger partial charge is 0.311 e. The minimum atomic E-state index is -0.00351. The number of allylic oxidation sites excluding steroid dienone is 3. The Labute approximate surface area is 330 Å². The first-order chi connectivity index (χ1) is 26.4. The molecule has 274 valence electrons. The molecule has 55 heavy (non-hydrogen) atoms. The van der Waals surface area contributed by atoms with E-state index in [4.69, 9.17) is 0 Å². The van der Waals surface area contributed by atoms with E-state index in [1.165, 1.54) is 83.6 Å². The van der Waals surface area contributed by atoms with E-state index < -0.39 is 0 Å². The van der Waals surface area contributed by atoms with Crippen molar-refractivity contribution in [1.82, 2.24) is 0 Å². The third kappa shape index (κ3) is 6.93. The lowest BCUT2D eigenvalue weighted by Crippen LogP contribution is -2.54. The SMILES string of the molecule is CC1=C2B(c3cc(C(C)(C)C)ccc3Cc3ccccc3-c3ccccc3)c3cc(C(C)(C)C)ccc3N(c3ccccc3-c3ccccc3)C2=CC[C@@H]1C. The zero-order chi connectivity index (χ0) is 38.5. The van der Waals surface area contributed by atoms with Crippen molar-refractivity contribution in [3.63, 3.8) is 0 Å². The van der Waals surface area contributed by atoms with Crippen LogP contribution in [-0.4, -0.2) is 6.71 Å². The Hall–Kier alpha value is -5.34. The summed E-state index contributed by atoms with van der Waals surface area (Å²) in [5.74, 6) is 0.452. The zero-order valence-corrected chi connectivity index (χ0v) is 33.9. The van der Waals surface area contributed by atoms with Crippen LogP contribution < -0.4 is 15.8 Å². The topological polar surface area (TPSA) is 3.24 Å². The van der Waals surface area contributed by atoms with Gasteiger partial charge in [-0.15, -0.1) is 0 Å². The van der Waals surface area contributed by atoms with Gasteiger partial charge in [-0.2, -0.15) is 0 Å². The molecule has 1 aliphatic heterocycles. The highest BCUT2D eigenvalue weighted by Crippen LogP contribution is 2.46. The predicted molar refractivity (Wildman–Crippen MR) is 239 cm³/mol. The summed E-state index contributed by atoms with van der Waals surface area (Å²) >= 11 is 0. The number of anilines is 2. The van der Waals surface area contributed by atoms with Crippen LogP contribution in [0.5, 0.6) is 0 Å². The predicted octanol–water partition coefficient (Wildman–Crippen LogP) is 12.7. The molecule has 0 spiro atoms. The van der Waals surface area contributed by atoms with Gasteiger partial charge in [-0.1, -0.05) is 199 Å². The van der Waals surface area contributed by atoms with Crippen LogP contribution in [0.3, 0.4) is 0 Å². The molecule has 0 amide bonds. The third-order valence-corrected chi connectivity index (χ3v) is 12.1. The van der Waals surface area contributed by atoms with Crippen molar-refractivity contribution in [1.29, 1.82) is 0 Å². The number of nitrogens with zero attached hydrogens (tertiary/aromatic N) is 1. The highest BCUT2D eigenvalue weighted by atomic mass is 15.2. The van der Waals surface area contributed by atoms with Crippen LogP contribution in [-0.2, 0) is 17.3 Å². The molecule has 0 bridgehead atoms. The monoisotopic (exact) mass is 715 g/mol. The van der Waals surface area contributed by atoms with Crippen molar-refractivity contribution in [3.05, 3.63) is 191 Å². The first kappa shape index (κ1) is 36.6. The minimum Gasteiger partial charge on any atom is -0.311 e. The zero-order valence-electron chi connectivity index (χ0n) is 33.9. The summed E-state index contributed by atoms with van der Waals surface area (Å²) in [6.07, 6.45) is 4.42. The molecule has 6 aromatic rings. The molecule has 2 aliphatic rings. The molecular formula is C53H54BN. The fraction of sp³-hybridized carbons (Fsp3) is 0.245. The van der Waals surface area contributed by atoms with Crippen molar-refractivity contribution in [3.8, 4) is 22.3 Å². The van der Waals surface area contributed by atoms with E-state index >= 15 is 0 Å². The van der Waals surface area contributed by atoms with E-state index in [1.807, 2.05) is 0 Å². The second kappa shape index (κ2) is 14.4. The van der Waals surface area contributed by atoms with Gasteiger partial charge >= 0.3 is 0 Å². The number of benzene rings is 6. The van der Waals surface area contributed by atoms with Gasteiger partial charge in [0.2, 0.25) is 6.71 Å². The van der Waals surface area contributed by atoms with E-state index in [-0.39, 0.29) is 17.5 Å². The van der Waals surface area contributed by atoms with Gasteiger partial charge in [-0.3, -0.25) is 0 Å². The molecule has 1 nitrogen and oxygen atoms in total. The van der Waals surface area contributed by atoms with Crippen LogP contribution in [0.25, 0.3) is 22.3 Å². The quantitative estimate of drug-likeness (QED) is 0.155. The van der Waals surface area contributed by atoms with Crippen molar-refractivity contribution < 1.29 is 0 Å². The van der Waals surface area contributed by atoms with Gasteiger partial charge < -0.3 is 4.90 Å². The molecule has 1 atom stereocenters. The number of para-hydroxylation sites is 1. The molecule has 0 saturated carbocycles. The van der Waals surface area contributed by atoms with E-state index in [0.717, 1.165) is 12.8 Å². The van der Waals surface area contributed by atoms with Gasteiger partial charge in [0.1, 0.15) is 0 Å². The molecule has 1 heterocycles. The summed E-state index contributed by atoms with van der Waals surface area (Å²) in [6.45, 7) is 19.0. The Morgan fingerprint density at radius 2 is 1.11 bits per heavy atom. The van der Waals surface area contributed by atoms with Crippen LogP contribution >= 0.6 is 0 Å². The number of hydrogen-bond donors (Lipinski definition) is 0. The van der Waals surface area contributed by atoms with Gasteiger partial charge in [0.25, 0.3) is 0 Å². The highest BCUT2D eigenvalue weighted by Gasteiger charge is 2.42. The number of hydrogen-bond acceptors (Lipinski definition) is 1. The maximum Gasteiger partial charge on any atom is 0.246 e. The summed E-state index contributed by atoms with van der Waals surface area (Å²) < 4.78 is 0. The van der Waals surface area contributed by atoms with Crippen molar-refractivity contribution in [2.45, 2.75) is 79.1 Å². The lowest BCUT2D eigenvalue weighted by Gasteiger charge is -2.44. The molecule has 6 aromatic carbocycles. The molecule has 0 fully saturated rings. The Bertz CT molecular complexity index is 2420. The standard InChI is InChI=1S/C53H54BN/c1-36-27-31-50-51(37(36)2)54(46-34-42(52(3,4)5)29-28-41(46)33-40-23-15-16-24-44(40)38-19-11-9-12-20-38)47-35-43(53(6,7)8)30-32-49(47)55(50)48-26-18-17-25-45(48)39-21-13-10-14-22-39/h9-26,28-32,34-36H,27,33H2,1-8H3/t36-/m0/s1. The van der Waals surface area contributed by atoms with Gasteiger partial charge in [0.15, 0.2) is 0 Å². The lowest BCUT2D eigenvalue weighted by molar-refractivity contribution is 0.590. The van der Waals surface area contributed by atoms with E-state index in [0.29, 0.717) is 5.92 Å². The lowest BCUT2D eigenvalue weighted by atomic mass is 9.32. The molecule has 0 radical (unpaired) electrons. The van der Waals surface area contributed by atoms with Crippen LogP contribution in [0.1, 0.15) is 84.1 Å². The average Bonchev–Trinajstić information content (AvgIpc) is 3.18. The van der Waals surface area contributed by atoms with Gasteiger partial charge in [0, 0.05) is 16.9 Å². The van der Waals surface area contributed by atoms with E-state index in [9.17, 15) is 0 Å². The van der Waals surface area contributed by atoms with Crippen molar-refractivity contribution in [2.24, 2.45) is 5.92 Å². The first-order valence-electron chi connectivity index (χ1n) is 20.2. The summed E-state index contributed by atoms with van der Waals surface area (Å²) in [7, 11) is 0. The second-order valence-electron chi connectivity index (χ2n) is 17.9. The second-order valence-corrected chi connectivity index (χ2v) is 17.9. The average molecular weight is 716 g/mol. The Morgan fingerprint density at radius 3 is 1.76 bits per heavy atom. The smallest absolute Gasteiger partial charge is 0.246 e. The van der Waals surface area contributed by atoms with Crippen molar-refractivity contribution in [2.75, 3.05) is 4.90 Å². The highest BCUT2D eigenvalue weighted by molar-refractivity contribution is 6.93. The number of rotatable bonds is 6. The van der Waals surface area contributed by atoms with Crippen LogP contribution in [0, 0.1) is 5.92 Å². The molecule has 0 unspecified atom stereocenters. The molecule has 8 rings (SSSR count). The minimum absolute atomic E-state index is 0.00257. The summed E-state index contributed by atoms with van der Waals surface area (Å²) in [5.41, 5.74) is 20.1. The van der Waals surface area contributed by atoms with Crippen LogP contribution in [0.2, 0.25) is 0 Å². The Morgan fingerprint density at radius 1 is 0.564 bits per heavy atom. The summed E-state index contributed by atoms with van der Waals surface area (Å²) in [6, 6.07) is 54.6. The third-order valence-electron chi connectivity index (χ3n) is 12.1. The van der Waals surface area contributed by atoms with Crippen LogP contribution in [0.15, 0.2) is 168 Å². The first-order valence-corrected chi connectivity index (χ1v) is 20.2. The molecular weight excluding hydrogens is 661 g/mol. The number of fused-ring (bicyclic) bond motifs is 2. The van der Waals surface area contributed by atoms with Crippen molar-refractivity contribution >= 4 is 29.0 Å². The Balaban J connectivity index is 1.42. The molecule has 1 aliphatic carbocycles. The van der Waals surface area contributed by atoms with Gasteiger partial charge in [-0.25, -0.2) is 0 Å².